The van der Waals surface area contributed by atoms with Crippen molar-refractivity contribution in [3.8, 4) is 0 Å². The molecule has 0 radical (unpaired) electrons. The lowest BCUT2D eigenvalue weighted by Gasteiger charge is -2.36. The lowest BCUT2D eigenvalue weighted by Crippen LogP contribution is -2.47. The smallest absolute Gasteiger partial charge is 0.369 e. The summed E-state index contributed by atoms with van der Waals surface area (Å²) in [6, 6.07) is 18.4. The highest BCUT2D eigenvalue weighted by Gasteiger charge is 2.32. The van der Waals surface area contributed by atoms with Gasteiger partial charge in [-0.05, 0) is 73.1 Å². The van der Waals surface area contributed by atoms with Crippen LogP contribution >= 0.6 is 11.8 Å². The van der Waals surface area contributed by atoms with Gasteiger partial charge in [-0.15, -0.1) is 0 Å². The number of carbonyl (C=O) groups excluding carboxylic acids is 2. The first-order valence-corrected chi connectivity index (χ1v) is 14.5. The maximum atomic E-state index is 13.4. The summed E-state index contributed by atoms with van der Waals surface area (Å²) in [6.45, 7) is 4.54. The van der Waals surface area contributed by atoms with Crippen LogP contribution in [0.4, 0.5) is 28.9 Å². The van der Waals surface area contributed by atoms with Crippen LogP contribution < -0.4 is 15.1 Å². The Morgan fingerprint density at radius 3 is 2.31 bits per heavy atom. The van der Waals surface area contributed by atoms with Crippen molar-refractivity contribution in [1.29, 1.82) is 0 Å². The average Bonchev–Trinajstić information content (AvgIpc) is 2.98. The molecule has 0 unspecified atom stereocenters. The summed E-state index contributed by atoms with van der Waals surface area (Å²) >= 11 is 1.23. The Balaban J connectivity index is 1.13. The molecule has 0 aromatic heterocycles. The third-order valence-corrected chi connectivity index (χ3v) is 8.28. The molecular formula is C31H30F4N4O2S. The van der Waals surface area contributed by atoms with E-state index in [9.17, 15) is 27.2 Å². The zero-order valence-electron chi connectivity index (χ0n) is 22.7. The number of thioether (sulfide) groups is 1. The number of amides is 2. The van der Waals surface area contributed by atoms with Gasteiger partial charge in [0.05, 0.1) is 16.2 Å². The number of nitrogens with one attached hydrogen (secondary N) is 1. The van der Waals surface area contributed by atoms with Gasteiger partial charge in [-0.2, -0.15) is 13.2 Å². The fourth-order valence-electron chi connectivity index (χ4n) is 4.95. The molecule has 1 saturated heterocycles. The second-order valence-electron chi connectivity index (χ2n) is 10.1. The molecule has 3 aromatic rings. The SMILES string of the molecule is O=C(CN1C(=O)/C(=C/c2ccc(C(F)(F)F)cc2)Sc2ccccc21)NCCCN1CCN(c2ccc(F)cc2)CC1. The average molecular weight is 599 g/mol. The highest BCUT2D eigenvalue weighted by atomic mass is 32.2. The van der Waals surface area contributed by atoms with E-state index >= 15 is 0 Å². The predicted octanol–water partition coefficient (Wildman–Crippen LogP) is 5.65. The first-order valence-electron chi connectivity index (χ1n) is 13.6. The molecule has 0 saturated carbocycles. The Labute approximate surface area is 246 Å². The highest BCUT2D eigenvalue weighted by Crippen LogP contribution is 2.42. The molecule has 220 valence electrons. The number of nitrogens with zero attached hydrogens (tertiary/aromatic N) is 3. The number of piperazine rings is 1. The number of carbonyl (C=O) groups is 2. The van der Waals surface area contributed by atoms with E-state index in [-0.39, 0.29) is 24.2 Å². The largest absolute Gasteiger partial charge is 0.416 e. The summed E-state index contributed by atoms with van der Waals surface area (Å²) < 4.78 is 52.0. The van der Waals surface area contributed by atoms with Crippen molar-refractivity contribution >= 4 is 41.0 Å². The van der Waals surface area contributed by atoms with E-state index in [1.165, 1.54) is 40.9 Å². The molecule has 1 fully saturated rings. The van der Waals surface area contributed by atoms with Gasteiger partial charge in [0.15, 0.2) is 0 Å². The van der Waals surface area contributed by atoms with Crippen LogP contribution in [-0.2, 0) is 15.8 Å². The van der Waals surface area contributed by atoms with Gasteiger partial charge in [-0.1, -0.05) is 36.0 Å². The van der Waals surface area contributed by atoms with Crippen molar-refractivity contribution in [2.75, 3.05) is 55.6 Å². The molecule has 2 heterocycles. The fraction of sp³-hybridized carbons (Fsp3) is 0.290. The Morgan fingerprint density at radius 2 is 1.62 bits per heavy atom. The molecule has 42 heavy (non-hydrogen) atoms. The molecule has 2 aliphatic rings. The maximum absolute atomic E-state index is 13.4. The molecule has 5 rings (SSSR count). The van der Waals surface area contributed by atoms with Gasteiger partial charge in [-0.3, -0.25) is 19.4 Å². The molecule has 0 atom stereocenters. The second kappa shape index (κ2) is 13.0. The molecule has 1 N–H and O–H groups in total. The van der Waals surface area contributed by atoms with Gasteiger partial charge in [0.25, 0.3) is 5.91 Å². The minimum atomic E-state index is -4.44. The van der Waals surface area contributed by atoms with Crippen LogP contribution in [-0.4, -0.2) is 62.5 Å². The highest BCUT2D eigenvalue weighted by molar-refractivity contribution is 8.04. The van der Waals surface area contributed by atoms with Crippen molar-refractivity contribution in [1.82, 2.24) is 10.2 Å². The third-order valence-electron chi connectivity index (χ3n) is 7.21. The maximum Gasteiger partial charge on any atom is 0.416 e. The summed E-state index contributed by atoms with van der Waals surface area (Å²) in [4.78, 5) is 33.3. The normalized spacial score (nSPS) is 17.0. The number of rotatable bonds is 8. The van der Waals surface area contributed by atoms with E-state index in [0.29, 0.717) is 22.7 Å². The minimum absolute atomic E-state index is 0.170. The second-order valence-corrected chi connectivity index (χ2v) is 11.2. The van der Waals surface area contributed by atoms with Crippen molar-refractivity contribution < 1.29 is 27.2 Å². The molecule has 0 aliphatic carbocycles. The summed E-state index contributed by atoms with van der Waals surface area (Å²) in [5.74, 6) is -0.921. The van der Waals surface area contributed by atoms with Crippen LogP contribution in [0, 0.1) is 5.82 Å². The van der Waals surface area contributed by atoms with E-state index < -0.39 is 11.7 Å². The standard InChI is InChI=1S/C31H30F4N4O2S/c32-24-10-12-25(13-11-24)38-18-16-37(17-19-38)15-3-14-36-29(40)21-39-26-4-1-2-5-27(26)42-28(30(39)41)20-22-6-8-23(9-7-22)31(33,34)35/h1-2,4-13,20H,3,14-19,21H2,(H,36,40)/b28-20-. The lowest BCUT2D eigenvalue weighted by molar-refractivity contribution is -0.137. The summed E-state index contributed by atoms with van der Waals surface area (Å²) in [5.41, 5.74) is 1.32. The topological polar surface area (TPSA) is 55.9 Å². The quantitative estimate of drug-likeness (QED) is 0.206. The first-order chi connectivity index (χ1) is 20.2. The van der Waals surface area contributed by atoms with Crippen LogP contribution in [0.25, 0.3) is 6.08 Å². The molecule has 2 aliphatic heterocycles. The van der Waals surface area contributed by atoms with Gasteiger partial charge in [0.1, 0.15) is 12.4 Å². The number of anilines is 2. The number of benzene rings is 3. The Hall–Kier alpha value is -3.83. The van der Waals surface area contributed by atoms with Gasteiger partial charge >= 0.3 is 6.18 Å². The summed E-state index contributed by atoms with van der Waals surface area (Å²) in [6.07, 6.45) is -2.14. The van der Waals surface area contributed by atoms with E-state index in [4.69, 9.17) is 0 Å². The van der Waals surface area contributed by atoms with Crippen molar-refractivity contribution in [3.63, 3.8) is 0 Å². The van der Waals surface area contributed by atoms with E-state index in [1.807, 2.05) is 12.1 Å². The van der Waals surface area contributed by atoms with Crippen LogP contribution in [0.15, 0.2) is 82.6 Å². The molecular weight excluding hydrogens is 568 g/mol. The van der Waals surface area contributed by atoms with Gasteiger partial charge in [0.2, 0.25) is 5.91 Å². The Bertz CT molecular complexity index is 1440. The fourth-order valence-corrected chi connectivity index (χ4v) is 6.01. The van der Waals surface area contributed by atoms with E-state index in [1.54, 1.807) is 30.3 Å². The number of para-hydroxylation sites is 1. The first kappa shape index (κ1) is 29.7. The van der Waals surface area contributed by atoms with E-state index in [2.05, 4.69) is 15.1 Å². The number of hydrogen-bond acceptors (Lipinski definition) is 5. The number of alkyl halides is 3. The third kappa shape index (κ3) is 7.32. The Kier molecular flexibility index (Phi) is 9.18. The van der Waals surface area contributed by atoms with Crippen molar-refractivity contribution in [2.45, 2.75) is 17.5 Å². The zero-order valence-corrected chi connectivity index (χ0v) is 23.6. The monoisotopic (exact) mass is 598 g/mol. The molecule has 0 spiro atoms. The van der Waals surface area contributed by atoms with Crippen LogP contribution in [0.1, 0.15) is 17.5 Å². The molecule has 2 amide bonds. The summed E-state index contributed by atoms with van der Waals surface area (Å²) in [7, 11) is 0. The molecule has 11 heteroatoms. The van der Waals surface area contributed by atoms with Crippen LogP contribution in [0.2, 0.25) is 0 Å². The summed E-state index contributed by atoms with van der Waals surface area (Å²) in [5, 5.41) is 2.91. The van der Waals surface area contributed by atoms with Gasteiger partial charge < -0.3 is 10.2 Å². The van der Waals surface area contributed by atoms with Crippen molar-refractivity contribution in [3.05, 3.63) is 94.6 Å². The van der Waals surface area contributed by atoms with Crippen molar-refractivity contribution in [2.24, 2.45) is 0 Å². The number of fused-ring (bicyclic) bond motifs is 1. The number of halogens is 4. The molecule has 3 aromatic carbocycles. The molecule has 0 bridgehead atoms. The minimum Gasteiger partial charge on any atom is -0.369 e. The van der Waals surface area contributed by atoms with Crippen LogP contribution in [0.3, 0.4) is 0 Å². The predicted molar refractivity (Wildman–Crippen MR) is 157 cm³/mol. The Morgan fingerprint density at radius 1 is 0.929 bits per heavy atom. The van der Waals surface area contributed by atoms with Crippen LogP contribution in [0.5, 0.6) is 0 Å². The number of hydrogen-bond donors (Lipinski definition) is 1. The van der Waals surface area contributed by atoms with Gasteiger partial charge in [0, 0.05) is 43.3 Å². The zero-order chi connectivity index (χ0) is 29.7. The van der Waals surface area contributed by atoms with Gasteiger partial charge in [-0.25, -0.2) is 4.39 Å². The lowest BCUT2D eigenvalue weighted by atomic mass is 10.1. The molecule has 6 nitrogen and oxygen atoms in total. The van der Waals surface area contributed by atoms with E-state index in [0.717, 1.165) is 61.9 Å².